The second kappa shape index (κ2) is 14.2. The molecule has 3 aliphatic heterocycles. The number of nitrogens with zero attached hydrogens (tertiary/aromatic N) is 6. The van der Waals surface area contributed by atoms with Crippen molar-refractivity contribution >= 4 is 27.2 Å². The van der Waals surface area contributed by atoms with Crippen LogP contribution >= 0.6 is 0 Å². The van der Waals surface area contributed by atoms with Crippen molar-refractivity contribution in [3.63, 3.8) is 0 Å². The van der Waals surface area contributed by atoms with E-state index < -0.39 is 15.0 Å². The summed E-state index contributed by atoms with van der Waals surface area (Å²) >= 11 is 0. The number of benzene rings is 3. The van der Waals surface area contributed by atoms with E-state index in [4.69, 9.17) is 0 Å². The summed E-state index contributed by atoms with van der Waals surface area (Å²) in [5, 5.41) is 31.9. The third-order valence-electron chi connectivity index (χ3n) is 7.58. The van der Waals surface area contributed by atoms with Gasteiger partial charge in [0.15, 0.2) is 0 Å². The van der Waals surface area contributed by atoms with Crippen LogP contribution in [0.1, 0.15) is 11.1 Å². The minimum Gasteiger partial charge on any atom is -0.744 e. The van der Waals surface area contributed by atoms with Gasteiger partial charge in [-0.2, -0.15) is 10.4 Å². The van der Waals surface area contributed by atoms with Gasteiger partial charge in [-0.15, -0.1) is 5.11 Å². The number of piperazine rings is 3. The number of rotatable bonds is 10. The van der Waals surface area contributed by atoms with Crippen molar-refractivity contribution in [1.29, 1.82) is 5.26 Å². The Morgan fingerprint density at radius 1 is 0.952 bits per heavy atom. The highest BCUT2D eigenvalue weighted by atomic mass is 32.2. The summed E-state index contributed by atoms with van der Waals surface area (Å²) in [5.41, 5.74) is 2.20. The normalized spacial score (nSPS) is 19.6. The van der Waals surface area contributed by atoms with Crippen molar-refractivity contribution in [1.82, 2.24) is 10.2 Å². The molecule has 0 radical (unpaired) electrons. The third kappa shape index (κ3) is 8.72. The van der Waals surface area contributed by atoms with Crippen molar-refractivity contribution in [3.8, 4) is 6.07 Å². The zero-order valence-electron chi connectivity index (χ0n) is 23.1. The molecule has 3 aromatic rings. The number of nitro benzene ring substituents is 1. The number of quaternary nitrogens is 1. The van der Waals surface area contributed by atoms with Crippen LogP contribution in [0.2, 0.25) is 0 Å². The van der Waals surface area contributed by atoms with E-state index in [1.165, 1.54) is 98.3 Å². The van der Waals surface area contributed by atoms with E-state index in [0.717, 1.165) is 19.5 Å². The molecule has 6 rings (SSSR count). The lowest BCUT2D eigenvalue weighted by atomic mass is 10.1. The van der Waals surface area contributed by atoms with Gasteiger partial charge in [-0.05, 0) is 48.9 Å². The first-order chi connectivity index (χ1) is 20.2. The van der Waals surface area contributed by atoms with Crippen LogP contribution in [-0.2, 0) is 16.5 Å². The van der Waals surface area contributed by atoms with Gasteiger partial charge in [0.1, 0.15) is 21.9 Å². The summed E-state index contributed by atoms with van der Waals surface area (Å²) in [7, 11) is -4.25. The minimum absolute atomic E-state index is 0.127. The van der Waals surface area contributed by atoms with E-state index in [9.17, 15) is 28.3 Å². The number of fused-ring (bicyclic) bond motifs is 3. The SMILES string of the molecule is N#Cc1cc([N+](=O)[O-])ccc1N=Nc1ccc(CCNCC[N+]23CCN(CC2)CC3)cc1.O=S(=O)([O-])c1ccccc1. The van der Waals surface area contributed by atoms with Crippen molar-refractivity contribution in [2.24, 2.45) is 10.2 Å². The lowest BCUT2D eigenvalue weighted by molar-refractivity contribution is -0.939. The predicted molar refractivity (Wildman–Crippen MR) is 156 cm³/mol. The van der Waals surface area contributed by atoms with Crippen LogP contribution in [0.5, 0.6) is 0 Å². The average Bonchev–Trinajstić information content (AvgIpc) is 3.01. The van der Waals surface area contributed by atoms with Gasteiger partial charge in [-0.25, -0.2) is 8.42 Å². The standard InChI is InChI=1S/C23H28N7O2.C6H6O3S/c24-18-20-17-22(29(31)32)5-6-23(20)27-26-21-3-1-19(2-4-21)7-8-25-9-13-30-14-10-28(11-15-30)12-16-30;7-10(8,9)6-4-2-1-3-5-6/h1-6,17,25H,7-16H2;1-5H,(H,7,8,9)/q+1;/p-1. The van der Waals surface area contributed by atoms with Gasteiger partial charge in [0, 0.05) is 38.3 Å². The Bertz CT molecular complexity index is 1520. The van der Waals surface area contributed by atoms with Crippen molar-refractivity contribution in [3.05, 3.63) is 94.0 Å². The lowest BCUT2D eigenvalue weighted by Gasteiger charge is -2.50. The zero-order valence-corrected chi connectivity index (χ0v) is 23.9. The van der Waals surface area contributed by atoms with Crippen LogP contribution in [0.4, 0.5) is 17.1 Å². The van der Waals surface area contributed by atoms with Crippen LogP contribution in [0, 0.1) is 21.4 Å². The zero-order chi connectivity index (χ0) is 30.0. The van der Waals surface area contributed by atoms with Gasteiger partial charge in [-0.1, -0.05) is 30.3 Å². The Morgan fingerprint density at radius 3 is 2.19 bits per heavy atom. The van der Waals surface area contributed by atoms with Gasteiger partial charge < -0.3 is 14.4 Å². The molecule has 3 heterocycles. The summed E-state index contributed by atoms with van der Waals surface area (Å²) in [6.07, 6.45) is 0.951. The number of nitro groups is 1. The highest BCUT2D eigenvalue weighted by Crippen LogP contribution is 2.26. The number of non-ortho nitro benzene ring substituents is 1. The number of hydrogen-bond acceptors (Lipinski definition) is 10. The Kier molecular flexibility index (Phi) is 10.5. The fraction of sp³-hybridized carbons (Fsp3) is 0.345. The molecular weight excluding hydrogens is 558 g/mol. The molecule has 0 atom stereocenters. The third-order valence-corrected chi connectivity index (χ3v) is 8.43. The largest absolute Gasteiger partial charge is 0.744 e. The highest BCUT2D eigenvalue weighted by Gasteiger charge is 2.37. The molecule has 12 nitrogen and oxygen atoms in total. The van der Waals surface area contributed by atoms with Crippen molar-refractivity contribution < 1.29 is 22.4 Å². The first-order valence-electron chi connectivity index (χ1n) is 13.7. The molecule has 13 heteroatoms. The van der Waals surface area contributed by atoms with E-state index in [-0.39, 0.29) is 16.1 Å². The molecule has 3 saturated heterocycles. The fourth-order valence-electron chi connectivity index (χ4n) is 4.98. The van der Waals surface area contributed by atoms with E-state index in [1.807, 2.05) is 30.3 Å². The van der Waals surface area contributed by atoms with Gasteiger partial charge >= 0.3 is 0 Å². The molecule has 3 aromatic carbocycles. The maximum Gasteiger partial charge on any atom is 0.270 e. The highest BCUT2D eigenvalue weighted by molar-refractivity contribution is 7.85. The molecular formula is C29H33N7O5S. The van der Waals surface area contributed by atoms with Crippen LogP contribution in [0.3, 0.4) is 0 Å². The van der Waals surface area contributed by atoms with Crippen molar-refractivity contribution in [2.75, 3.05) is 58.9 Å². The second-order valence-electron chi connectivity index (χ2n) is 10.3. The summed E-state index contributed by atoms with van der Waals surface area (Å²) in [5.74, 6) is 0. The summed E-state index contributed by atoms with van der Waals surface area (Å²) in [4.78, 5) is 12.7. The molecule has 2 bridgehead atoms. The Morgan fingerprint density at radius 2 is 1.62 bits per heavy atom. The number of nitrogens with one attached hydrogen (secondary N) is 1. The molecule has 3 aliphatic rings. The van der Waals surface area contributed by atoms with Crippen LogP contribution < -0.4 is 5.32 Å². The molecule has 0 aromatic heterocycles. The molecule has 0 spiro atoms. The Hall–Kier alpha value is -4.06. The van der Waals surface area contributed by atoms with Gasteiger partial charge in [0.25, 0.3) is 5.69 Å². The van der Waals surface area contributed by atoms with Gasteiger partial charge in [0.2, 0.25) is 0 Å². The molecule has 3 fully saturated rings. The first-order valence-corrected chi connectivity index (χ1v) is 15.1. The van der Waals surface area contributed by atoms with E-state index >= 15 is 0 Å². The van der Waals surface area contributed by atoms with Crippen molar-refractivity contribution in [2.45, 2.75) is 11.3 Å². The number of nitriles is 1. The topological polar surface area (TPSA) is 164 Å². The number of hydrogen-bond donors (Lipinski definition) is 1. The van der Waals surface area contributed by atoms with Crippen LogP contribution in [0.15, 0.2) is 87.9 Å². The predicted octanol–water partition coefficient (Wildman–Crippen LogP) is 3.75. The molecule has 0 unspecified atom stereocenters. The molecule has 0 amide bonds. The van der Waals surface area contributed by atoms with E-state index in [2.05, 4.69) is 20.4 Å². The smallest absolute Gasteiger partial charge is 0.270 e. The average molecular weight is 592 g/mol. The molecule has 220 valence electrons. The summed E-state index contributed by atoms with van der Waals surface area (Å²) in [6.45, 7) is 10.9. The monoisotopic (exact) mass is 591 g/mol. The molecule has 0 saturated carbocycles. The molecule has 0 aliphatic carbocycles. The van der Waals surface area contributed by atoms with Crippen LogP contribution in [0.25, 0.3) is 0 Å². The molecule has 42 heavy (non-hydrogen) atoms. The Labute approximate surface area is 245 Å². The summed E-state index contributed by atoms with van der Waals surface area (Å²) < 4.78 is 32.1. The maximum absolute atomic E-state index is 10.8. The van der Waals surface area contributed by atoms with Gasteiger partial charge in [0.05, 0.1) is 47.2 Å². The quantitative estimate of drug-likeness (QED) is 0.0930. The van der Waals surface area contributed by atoms with E-state index in [1.54, 1.807) is 6.07 Å². The first kappa shape index (κ1) is 30.9. The van der Waals surface area contributed by atoms with Gasteiger partial charge in [-0.3, -0.25) is 15.0 Å². The number of azo groups is 1. The maximum atomic E-state index is 10.8. The minimum atomic E-state index is -4.25. The second-order valence-corrected chi connectivity index (χ2v) is 11.7. The fourth-order valence-corrected chi connectivity index (χ4v) is 5.47. The van der Waals surface area contributed by atoms with Crippen LogP contribution in [-0.4, -0.2) is 86.2 Å². The Balaban J connectivity index is 0.000000343. The van der Waals surface area contributed by atoms with E-state index in [0.29, 0.717) is 11.4 Å². The lowest BCUT2D eigenvalue weighted by Crippen LogP contribution is -2.68. The summed E-state index contributed by atoms with van der Waals surface area (Å²) in [6, 6.07) is 20.9. The molecule has 1 N–H and O–H groups in total.